The summed E-state index contributed by atoms with van der Waals surface area (Å²) in [5.74, 6) is -0.185. The van der Waals surface area contributed by atoms with Gasteiger partial charge in [-0.05, 0) is 49.4 Å². The van der Waals surface area contributed by atoms with Gasteiger partial charge in [0.15, 0.2) is 0 Å². The van der Waals surface area contributed by atoms with Crippen molar-refractivity contribution in [3.63, 3.8) is 0 Å². The van der Waals surface area contributed by atoms with E-state index in [1.54, 1.807) is 12.3 Å². The zero-order valence-corrected chi connectivity index (χ0v) is 13.6. The molecule has 1 N–H and O–H groups in total. The van der Waals surface area contributed by atoms with Crippen molar-refractivity contribution in [2.75, 3.05) is 0 Å². The number of nitrogens with zero attached hydrogens (tertiary/aromatic N) is 2. The topological polar surface area (TPSA) is 46.4 Å². The molecular weight excluding hydrogens is 297 g/mol. The SMILES string of the molecule is [B]C1(NC(=O)c2ccn3c(C)ccnc23)CCCc2ccccc21. The lowest BCUT2D eigenvalue weighted by atomic mass is 9.64. The molecule has 4 rings (SSSR count). The summed E-state index contributed by atoms with van der Waals surface area (Å²) in [5.41, 5.74) is 3.63. The normalized spacial score (nSPS) is 19.9. The van der Waals surface area contributed by atoms with Crippen molar-refractivity contribution in [1.29, 1.82) is 0 Å². The van der Waals surface area contributed by atoms with E-state index in [1.807, 2.05) is 41.8 Å². The van der Waals surface area contributed by atoms with Crippen LogP contribution in [0.5, 0.6) is 0 Å². The second-order valence-corrected chi connectivity index (χ2v) is 6.45. The summed E-state index contributed by atoms with van der Waals surface area (Å²) in [6, 6.07) is 11.8. The van der Waals surface area contributed by atoms with Crippen LogP contribution in [-0.2, 0) is 11.9 Å². The molecule has 0 bridgehead atoms. The third kappa shape index (κ3) is 2.32. The van der Waals surface area contributed by atoms with Gasteiger partial charge in [0, 0.05) is 23.5 Å². The molecule has 1 aliphatic carbocycles. The molecule has 5 heteroatoms. The Labute approximate surface area is 142 Å². The Morgan fingerprint density at radius 3 is 3.00 bits per heavy atom. The van der Waals surface area contributed by atoms with Crippen LogP contribution in [0.1, 0.15) is 40.0 Å². The lowest BCUT2D eigenvalue weighted by molar-refractivity contribution is 0.0922. The van der Waals surface area contributed by atoms with Gasteiger partial charge in [-0.15, -0.1) is 0 Å². The smallest absolute Gasteiger partial charge is 0.255 e. The van der Waals surface area contributed by atoms with Crippen LogP contribution in [0.3, 0.4) is 0 Å². The van der Waals surface area contributed by atoms with E-state index in [0.29, 0.717) is 11.2 Å². The maximum atomic E-state index is 12.9. The van der Waals surface area contributed by atoms with Crippen molar-refractivity contribution in [3.05, 3.63) is 71.2 Å². The Kier molecular flexibility index (Phi) is 3.45. The van der Waals surface area contributed by atoms with Crippen molar-refractivity contribution in [3.8, 4) is 0 Å². The standard InChI is InChI=1S/C19H18BN3O/c1-13-8-11-21-17-15(9-12-23(13)17)18(24)22-19(20)10-4-6-14-5-2-3-7-16(14)19/h2-3,5,7-9,11-12H,4,6,10H2,1H3,(H,22,24). The van der Waals surface area contributed by atoms with Crippen molar-refractivity contribution in [1.82, 2.24) is 14.7 Å². The molecule has 1 unspecified atom stereocenters. The summed E-state index contributed by atoms with van der Waals surface area (Å²) < 4.78 is 1.91. The number of carbonyl (C=O) groups is 1. The monoisotopic (exact) mass is 315 g/mol. The summed E-state index contributed by atoms with van der Waals surface area (Å²) >= 11 is 0. The van der Waals surface area contributed by atoms with E-state index >= 15 is 0 Å². The number of aromatic nitrogens is 2. The fourth-order valence-corrected chi connectivity index (χ4v) is 3.58. The van der Waals surface area contributed by atoms with Gasteiger partial charge in [-0.2, -0.15) is 0 Å². The highest BCUT2D eigenvalue weighted by molar-refractivity contribution is 6.18. The number of hydrogen-bond acceptors (Lipinski definition) is 2. The lowest BCUT2D eigenvalue weighted by Crippen LogP contribution is -2.48. The molecule has 0 saturated carbocycles. The van der Waals surface area contributed by atoms with Crippen LogP contribution < -0.4 is 5.32 Å². The van der Waals surface area contributed by atoms with Gasteiger partial charge in [0.1, 0.15) is 13.5 Å². The predicted molar refractivity (Wildman–Crippen MR) is 94.2 cm³/mol. The number of nitrogens with one attached hydrogen (secondary N) is 1. The molecule has 1 aromatic carbocycles. The second-order valence-electron chi connectivity index (χ2n) is 6.45. The number of amides is 1. The van der Waals surface area contributed by atoms with Crippen LogP contribution in [0.4, 0.5) is 0 Å². The maximum absolute atomic E-state index is 12.9. The first-order chi connectivity index (χ1) is 11.6. The third-order valence-electron chi connectivity index (χ3n) is 4.85. The number of benzene rings is 1. The Balaban J connectivity index is 1.70. The summed E-state index contributed by atoms with van der Waals surface area (Å²) in [4.78, 5) is 17.2. The van der Waals surface area contributed by atoms with E-state index in [0.717, 1.165) is 30.5 Å². The van der Waals surface area contributed by atoms with Crippen molar-refractivity contribution < 1.29 is 4.79 Å². The highest BCUT2D eigenvalue weighted by Gasteiger charge is 2.33. The van der Waals surface area contributed by atoms with Gasteiger partial charge in [0.05, 0.1) is 5.56 Å². The molecule has 2 aromatic heterocycles. The third-order valence-corrected chi connectivity index (χ3v) is 4.85. The average Bonchev–Trinajstić information content (AvgIpc) is 3.01. The number of aryl methyl sites for hydroxylation is 2. The molecule has 3 aromatic rings. The highest BCUT2D eigenvalue weighted by atomic mass is 16.1. The van der Waals surface area contributed by atoms with E-state index in [9.17, 15) is 4.79 Å². The Hall–Kier alpha value is -2.56. The molecule has 1 amide bonds. The molecule has 1 atom stereocenters. The predicted octanol–water partition coefficient (Wildman–Crippen LogP) is 2.73. The maximum Gasteiger partial charge on any atom is 0.255 e. The van der Waals surface area contributed by atoms with Gasteiger partial charge < -0.3 is 9.72 Å². The Bertz CT molecular complexity index is 933. The lowest BCUT2D eigenvalue weighted by Gasteiger charge is -2.37. The minimum atomic E-state index is -0.829. The molecule has 0 saturated heterocycles. The summed E-state index contributed by atoms with van der Waals surface area (Å²) in [7, 11) is 6.59. The van der Waals surface area contributed by atoms with Crippen LogP contribution in [0.15, 0.2) is 48.8 Å². The van der Waals surface area contributed by atoms with Crippen molar-refractivity contribution in [2.24, 2.45) is 0 Å². The summed E-state index contributed by atoms with van der Waals surface area (Å²) in [6.07, 6.45) is 6.27. The Morgan fingerprint density at radius 1 is 1.29 bits per heavy atom. The quantitative estimate of drug-likeness (QED) is 0.739. The zero-order chi connectivity index (χ0) is 16.7. The molecule has 1 aliphatic rings. The first-order valence-corrected chi connectivity index (χ1v) is 8.21. The molecule has 0 aliphatic heterocycles. The van der Waals surface area contributed by atoms with Gasteiger partial charge in [-0.1, -0.05) is 24.3 Å². The minimum Gasteiger partial charge on any atom is -0.351 e. The van der Waals surface area contributed by atoms with Crippen LogP contribution in [0.2, 0.25) is 0 Å². The molecule has 0 fully saturated rings. The first kappa shape index (κ1) is 15.0. The fraction of sp³-hybridized carbons (Fsp3) is 0.263. The number of carbonyl (C=O) groups excluding carboxylic acids is 1. The summed E-state index contributed by atoms with van der Waals surface area (Å²) in [6.45, 7) is 1.98. The fourth-order valence-electron chi connectivity index (χ4n) is 3.58. The van der Waals surface area contributed by atoms with Crippen LogP contribution >= 0.6 is 0 Å². The van der Waals surface area contributed by atoms with Crippen LogP contribution in [0, 0.1) is 6.92 Å². The largest absolute Gasteiger partial charge is 0.351 e. The van der Waals surface area contributed by atoms with E-state index in [1.165, 1.54) is 5.56 Å². The highest BCUT2D eigenvalue weighted by Crippen LogP contribution is 2.33. The molecular formula is C19H18BN3O. The molecule has 118 valence electrons. The number of hydrogen-bond donors (Lipinski definition) is 1. The van der Waals surface area contributed by atoms with E-state index in [4.69, 9.17) is 7.85 Å². The molecule has 0 spiro atoms. The van der Waals surface area contributed by atoms with E-state index in [-0.39, 0.29) is 5.91 Å². The minimum absolute atomic E-state index is 0.185. The van der Waals surface area contributed by atoms with Gasteiger partial charge in [0.25, 0.3) is 5.91 Å². The first-order valence-electron chi connectivity index (χ1n) is 8.21. The van der Waals surface area contributed by atoms with E-state index in [2.05, 4.69) is 16.4 Å². The van der Waals surface area contributed by atoms with Gasteiger partial charge in [-0.3, -0.25) is 4.79 Å². The molecule has 2 heterocycles. The van der Waals surface area contributed by atoms with E-state index < -0.39 is 5.44 Å². The van der Waals surface area contributed by atoms with Gasteiger partial charge >= 0.3 is 0 Å². The van der Waals surface area contributed by atoms with Gasteiger partial charge in [-0.25, -0.2) is 4.98 Å². The van der Waals surface area contributed by atoms with Gasteiger partial charge in [0.2, 0.25) is 0 Å². The second kappa shape index (κ2) is 5.51. The number of fused-ring (bicyclic) bond motifs is 2. The van der Waals surface area contributed by atoms with Crippen molar-refractivity contribution in [2.45, 2.75) is 31.6 Å². The average molecular weight is 315 g/mol. The molecule has 24 heavy (non-hydrogen) atoms. The number of rotatable bonds is 2. The zero-order valence-electron chi connectivity index (χ0n) is 13.6. The molecule has 2 radical (unpaired) electrons. The van der Waals surface area contributed by atoms with Crippen LogP contribution in [-0.4, -0.2) is 23.1 Å². The van der Waals surface area contributed by atoms with Crippen molar-refractivity contribution >= 4 is 19.4 Å². The Morgan fingerprint density at radius 2 is 2.12 bits per heavy atom. The van der Waals surface area contributed by atoms with Crippen LogP contribution in [0.25, 0.3) is 5.65 Å². The summed E-state index contributed by atoms with van der Waals surface area (Å²) in [5, 5.41) is 3.05. The molecule has 4 nitrogen and oxygen atoms in total.